The van der Waals surface area contributed by atoms with Crippen LogP contribution in [-0.2, 0) is 19.9 Å². The lowest BCUT2D eigenvalue weighted by molar-refractivity contribution is 0.145. The molecule has 4 rings (SSSR count). The Bertz CT molecular complexity index is 1020. The summed E-state index contributed by atoms with van der Waals surface area (Å²) in [6.07, 6.45) is 0.0175. The van der Waals surface area contributed by atoms with Crippen LogP contribution in [0.4, 0.5) is 8.78 Å². The average molecular weight is 361 g/mol. The van der Waals surface area contributed by atoms with Gasteiger partial charge in [0.2, 0.25) is 11.7 Å². The van der Waals surface area contributed by atoms with Crippen molar-refractivity contribution in [1.82, 2.24) is 24.9 Å². The van der Waals surface area contributed by atoms with E-state index in [2.05, 4.69) is 26.3 Å². The Morgan fingerprint density at radius 2 is 2.16 bits per heavy atom. The lowest BCUT2D eigenvalue weighted by Gasteiger charge is -1.98. The van der Waals surface area contributed by atoms with Gasteiger partial charge in [-0.05, 0) is 24.1 Å². The molecule has 3 heterocycles. The minimum atomic E-state index is -2.69. The topological polar surface area (TPSA) is 69.6 Å². The molecule has 128 valence electrons. The Kier molecular flexibility index (Phi) is 4.00. The number of thiazole rings is 1. The Labute approximate surface area is 145 Å². The van der Waals surface area contributed by atoms with Crippen LogP contribution in [-0.4, -0.2) is 24.9 Å². The van der Waals surface area contributed by atoms with Crippen molar-refractivity contribution in [2.24, 2.45) is 7.05 Å². The zero-order valence-corrected chi connectivity index (χ0v) is 14.0. The van der Waals surface area contributed by atoms with Gasteiger partial charge in [0.05, 0.1) is 21.3 Å². The van der Waals surface area contributed by atoms with Gasteiger partial charge in [0, 0.05) is 19.7 Å². The van der Waals surface area contributed by atoms with Crippen molar-refractivity contribution in [3.8, 4) is 11.4 Å². The zero-order valence-electron chi connectivity index (χ0n) is 13.2. The summed E-state index contributed by atoms with van der Waals surface area (Å²) < 4.78 is 33.7. The molecular formula is C16H13F2N5OS. The first-order chi connectivity index (χ1) is 12.1. The highest BCUT2D eigenvalue weighted by Crippen LogP contribution is 2.28. The minimum absolute atomic E-state index is 0.135. The second kappa shape index (κ2) is 6.32. The number of hydrogen-bond acceptors (Lipinski definition) is 6. The zero-order chi connectivity index (χ0) is 17.4. The first-order valence-electron chi connectivity index (χ1n) is 7.57. The molecule has 4 aromatic rings. The normalized spacial score (nSPS) is 11.7. The second-order valence-corrected chi connectivity index (χ2v) is 6.45. The standard InChI is InChI=1S/C16H13F2N5OS/c1-23-7-10(14(21-23)15(17)18)16-20-13(24-22-16)5-3-9-2-4-11-12(6-9)25-8-19-11/h2,4,6-8,15H,3,5H2,1H3. The summed E-state index contributed by atoms with van der Waals surface area (Å²) in [5, 5.41) is 7.57. The molecular weight excluding hydrogens is 348 g/mol. The quantitative estimate of drug-likeness (QED) is 0.541. The molecule has 0 radical (unpaired) electrons. The average Bonchev–Trinajstić information content (AvgIpc) is 3.31. The SMILES string of the molecule is Cn1cc(-c2noc(CCc3ccc4ncsc4c3)n2)c(C(F)F)n1. The molecule has 25 heavy (non-hydrogen) atoms. The third kappa shape index (κ3) is 3.14. The number of hydrogen-bond donors (Lipinski definition) is 0. The molecule has 6 nitrogen and oxygen atoms in total. The van der Waals surface area contributed by atoms with Gasteiger partial charge in [0.25, 0.3) is 6.43 Å². The van der Waals surface area contributed by atoms with E-state index in [1.54, 1.807) is 18.4 Å². The Morgan fingerprint density at radius 3 is 3.00 bits per heavy atom. The van der Waals surface area contributed by atoms with Gasteiger partial charge in [-0.15, -0.1) is 11.3 Å². The molecule has 1 aromatic carbocycles. The molecule has 0 atom stereocenters. The summed E-state index contributed by atoms with van der Waals surface area (Å²) in [5.41, 5.74) is 3.77. The van der Waals surface area contributed by atoms with Crippen LogP contribution in [0.2, 0.25) is 0 Å². The van der Waals surface area contributed by atoms with Gasteiger partial charge in [-0.25, -0.2) is 13.8 Å². The van der Waals surface area contributed by atoms with Crippen LogP contribution in [0, 0.1) is 0 Å². The second-order valence-electron chi connectivity index (χ2n) is 5.57. The van der Waals surface area contributed by atoms with Crippen LogP contribution in [0.1, 0.15) is 23.6 Å². The number of aryl methyl sites for hydroxylation is 3. The summed E-state index contributed by atoms with van der Waals surface area (Å²) in [5.74, 6) is 0.541. The predicted molar refractivity (Wildman–Crippen MR) is 88.5 cm³/mol. The van der Waals surface area contributed by atoms with Crippen LogP contribution in [0.15, 0.2) is 34.4 Å². The van der Waals surface area contributed by atoms with E-state index < -0.39 is 6.43 Å². The summed E-state index contributed by atoms with van der Waals surface area (Å²) in [4.78, 5) is 8.48. The molecule has 3 aromatic heterocycles. The van der Waals surface area contributed by atoms with E-state index in [9.17, 15) is 8.78 Å². The van der Waals surface area contributed by atoms with Crippen LogP contribution in [0.3, 0.4) is 0 Å². The molecule has 0 saturated heterocycles. The van der Waals surface area contributed by atoms with Crippen molar-refractivity contribution in [1.29, 1.82) is 0 Å². The van der Waals surface area contributed by atoms with Crippen molar-refractivity contribution in [2.75, 3.05) is 0 Å². The molecule has 0 spiro atoms. The van der Waals surface area contributed by atoms with Crippen molar-refractivity contribution < 1.29 is 13.3 Å². The summed E-state index contributed by atoms with van der Waals surface area (Å²) in [6, 6.07) is 6.07. The number of halogens is 2. The van der Waals surface area contributed by atoms with Crippen molar-refractivity contribution in [3.63, 3.8) is 0 Å². The fourth-order valence-electron chi connectivity index (χ4n) is 2.61. The Balaban J connectivity index is 1.51. The van der Waals surface area contributed by atoms with Gasteiger partial charge >= 0.3 is 0 Å². The number of nitrogens with zero attached hydrogens (tertiary/aromatic N) is 5. The third-order valence-corrected chi connectivity index (χ3v) is 4.59. The van der Waals surface area contributed by atoms with Gasteiger partial charge in [0.1, 0.15) is 5.69 Å². The van der Waals surface area contributed by atoms with E-state index in [1.807, 2.05) is 17.6 Å². The molecule has 0 unspecified atom stereocenters. The first kappa shape index (κ1) is 15.8. The Morgan fingerprint density at radius 1 is 1.28 bits per heavy atom. The highest BCUT2D eigenvalue weighted by atomic mass is 32.1. The molecule has 9 heteroatoms. The fraction of sp³-hybridized carbons (Fsp3) is 0.250. The number of benzene rings is 1. The van der Waals surface area contributed by atoms with Crippen LogP contribution in [0.5, 0.6) is 0 Å². The fourth-order valence-corrected chi connectivity index (χ4v) is 3.35. The molecule has 0 aliphatic carbocycles. The highest BCUT2D eigenvalue weighted by molar-refractivity contribution is 7.16. The highest BCUT2D eigenvalue weighted by Gasteiger charge is 2.22. The molecule has 0 aliphatic heterocycles. The van der Waals surface area contributed by atoms with Gasteiger partial charge in [-0.2, -0.15) is 10.1 Å². The number of aromatic nitrogens is 5. The maximum absolute atomic E-state index is 13.0. The molecule has 0 amide bonds. The van der Waals surface area contributed by atoms with Crippen LogP contribution < -0.4 is 0 Å². The smallest absolute Gasteiger partial charge is 0.282 e. The van der Waals surface area contributed by atoms with Crippen molar-refractivity contribution >= 4 is 21.6 Å². The Hall–Kier alpha value is -2.68. The number of alkyl halides is 2. The largest absolute Gasteiger partial charge is 0.339 e. The summed E-state index contributed by atoms with van der Waals surface area (Å²) in [6.45, 7) is 0. The minimum Gasteiger partial charge on any atom is -0.339 e. The molecule has 0 bridgehead atoms. The lowest BCUT2D eigenvalue weighted by Crippen LogP contribution is -1.93. The molecule has 0 saturated carbocycles. The van der Waals surface area contributed by atoms with E-state index in [0.29, 0.717) is 18.7 Å². The van der Waals surface area contributed by atoms with Gasteiger partial charge in [-0.1, -0.05) is 11.2 Å². The van der Waals surface area contributed by atoms with Crippen LogP contribution in [0.25, 0.3) is 21.6 Å². The van der Waals surface area contributed by atoms with E-state index in [-0.39, 0.29) is 17.1 Å². The maximum atomic E-state index is 13.0. The van der Waals surface area contributed by atoms with Gasteiger partial charge in [-0.3, -0.25) is 4.68 Å². The number of rotatable bonds is 5. The summed E-state index contributed by atoms with van der Waals surface area (Å²) >= 11 is 1.59. The lowest BCUT2D eigenvalue weighted by atomic mass is 10.1. The van der Waals surface area contributed by atoms with Gasteiger partial charge < -0.3 is 4.52 Å². The van der Waals surface area contributed by atoms with E-state index in [4.69, 9.17) is 4.52 Å². The number of fused-ring (bicyclic) bond motifs is 1. The van der Waals surface area contributed by atoms with Crippen molar-refractivity contribution in [3.05, 3.63) is 47.1 Å². The van der Waals surface area contributed by atoms with E-state index >= 15 is 0 Å². The molecule has 0 N–H and O–H groups in total. The third-order valence-electron chi connectivity index (χ3n) is 3.80. The predicted octanol–water partition coefficient (Wildman–Crippen LogP) is 3.80. The van der Waals surface area contributed by atoms with Crippen molar-refractivity contribution in [2.45, 2.75) is 19.3 Å². The van der Waals surface area contributed by atoms with Crippen LogP contribution >= 0.6 is 11.3 Å². The molecule has 0 fully saturated rings. The van der Waals surface area contributed by atoms with E-state index in [1.165, 1.54) is 10.9 Å². The monoisotopic (exact) mass is 361 g/mol. The molecule has 0 aliphatic rings. The first-order valence-corrected chi connectivity index (χ1v) is 8.45. The summed E-state index contributed by atoms with van der Waals surface area (Å²) in [7, 11) is 1.58. The maximum Gasteiger partial charge on any atom is 0.282 e. The van der Waals surface area contributed by atoms with E-state index in [0.717, 1.165) is 15.8 Å². The van der Waals surface area contributed by atoms with Gasteiger partial charge in [0.15, 0.2) is 0 Å².